The zero-order valence-electron chi connectivity index (χ0n) is 11.8. The molecule has 1 unspecified atom stereocenters. The molecule has 2 aliphatic rings. The van der Waals surface area contributed by atoms with E-state index in [4.69, 9.17) is 0 Å². The van der Waals surface area contributed by atoms with Crippen molar-refractivity contribution in [3.63, 3.8) is 0 Å². The lowest BCUT2D eigenvalue weighted by Gasteiger charge is -2.36. The summed E-state index contributed by atoms with van der Waals surface area (Å²) in [6, 6.07) is -0.0453. The summed E-state index contributed by atoms with van der Waals surface area (Å²) in [7, 11) is 1.63. The number of carbonyl (C=O) groups is 2. The molecule has 0 radical (unpaired) electrons. The van der Waals surface area contributed by atoms with Crippen LogP contribution in [0.5, 0.6) is 0 Å². The minimum Gasteiger partial charge on any atom is -0.357 e. The Balaban J connectivity index is 1.92. The molecule has 0 aromatic heterocycles. The lowest BCUT2D eigenvalue weighted by atomic mass is 9.95. The second kappa shape index (κ2) is 6.78. The molecule has 1 saturated carbocycles. The molecule has 5 heteroatoms. The highest BCUT2D eigenvalue weighted by molar-refractivity contribution is 5.87. The highest BCUT2D eigenvalue weighted by atomic mass is 16.2. The van der Waals surface area contributed by atoms with E-state index in [1.54, 1.807) is 11.9 Å². The fraction of sp³-hybridized carbons (Fsp3) is 0.857. The maximum absolute atomic E-state index is 12.3. The topological polar surface area (TPSA) is 61.4 Å². The number of nitrogens with zero attached hydrogens (tertiary/aromatic N) is 1. The summed E-state index contributed by atoms with van der Waals surface area (Å²) < 4.78 is 0. The molecule has 19 heavy (non-hydrogen) atoms. The lowest BCUT2D eigenvalue weighted by molar-refractivity contribution is -0.125. The number of piperidine rings is 1. The molecule has 1 atom stereocenters. The number of hydrogen-bond donors (Lipinski definition) is 2. The van der Waals surface area contributed by atoms with Crippen LogP contribution in [-0.2, 0) is 4.79 Å². The molecule has 0 aromatic carbocycles. The van der Waals surface area contributed by atoms with E-state index in [1.165, 1.54) is 19.3 Å². The Morgan fingerprint density at radius 2 is 1.68 bits per heavy atom. The molecule has 2 rings (SSSR count). The first kappa shape index (κ1) is 14.2. The van der Waals surface area contributed by atoms with Gasteiger partial charge in [-0.05, 0) is 32.1 Å². The Bertz CT molecular complexity index is 327. The van der Waals surface area contributed by atoms with Crippen molar-refractivity contribution >= 4 is 11.9 Å². The minimum absolute atomic E-state index is 0.0431. The fourth-order valence-corrected chi connectivity index (χ4v) is 3.12. The average molecular weight is 267 g/mol. The van der Waals surface area contributed by atoms with E-state index < -0.39 is 0 Å². The quantitative estimate of drug-likeness (QED) is 0.799. The molecule has 2 N–H and O–H groups in total. The van der Waals surface area contributed by atoms with Gasteiger partial charge in [0.25, 0.3) is 0 Å². The van der Waals surface area contributed by atoms with E-state index in [0.717, 1.165) is 32.1 Å². The molecule has 1 heterocycles. The van der Waals surface area contributed by atoms with Gasteiger partial charge in [-0.2, -0.15) is 0 Å². The number of hydrogen-bond acceptors (Lipinski definition) is 2. The van der Waals surface area contributed by atoms with E-state index in [0.29, 0.717) is 12.6 Å². The second-order valence-corrected chi connectivity index (χ2v) is 5.60. The van der Waals surface area contributed by atoms with Crippen LogP contribution in [0.15, 0.2) is 0 Å². The number of likely N-dealkylation sites (tertiary alicyclic amines) is 1. The molecule has 0 spiro atoms. The number of amides is 3. The highest BCUT2D eigenvalue weighted by Crippen LogP contribution is 2.20. The summed E-state index contributed by atoms with van der Waals surface area (Å²) in [4.78, 5) is 25.9. The summed E-state index contributed by atoms with van der Waals surface area (Å²) in [5.74, 6) is -0.0431. The zero-order chi connectivity index (χ0) is 13.7. The van der Waals surface area contributed by atoms with Gasteiger partial charge in [-0.25, -0.2) is 4.79 Å². The second-order valence-electron chi connectivity index (χ2n) is 5.60. The van der Waals surface area contributed by atoms with E-state index >= 15 is 0 Å². The largest absolute Gasteiger partial charge is 0.357 e. The molecule has 0 aromatic rings. The van der Waals surface area contributed by atoms with E-state index in [2.05, 4.69) is 10.6 Å². The van der Waals surface area contributed by atoms with E-state index in [9.17, 15) is 9.59 Å². The van der Waals surface area contributed by atoms with Crippen LogP contribution < -0.4 is 10.6 Å². The molecule has 3 amide bonds. The van der Waals surface area contributed by atoms with Gasteiger partial charge in [0.2, 0.25) is 5.91 Å². The van der Waals surface area contributed by atoms with Crippen LogP contribution >= 0.6 is 0 Å². The van der Waals surface area contributed by atoms with Gasteiger partial charge in [0, 0.05) is 19.6 Å². The SMILES string of the molecule is CNC(=O)C1CCCCN1C(=O)NC1CCCCC1. The molecule has 108 valence electrons. The molecule has 1 aliphatic carbocycles. The number of rotatable bonds is 2. The summed E-state index contributed by atoms with van der Waals surface area (Å²) in [5.41, 5.74) is 0. The molecule has 1 aliphatic heterocycles. The standard InChI is InChI=1S/C14H25N3O2/c1-15-13(18)12-9-5-6-10-17(12)14(19)16-11-7-3-2-4-8-11/h11-12H,2-10H2,1H3,(H,15,18)(H,16,19). The minimum atomic E-state index is -0.289. The van der Waals surface area contributed by atoms with Crippen molar-refractivity contribution < 1.29 is 9.59 Å². The molecular formula is C14H25N3O2. The van der Waals surface area contributed by atoms with Gasteiger partial charge in [0.1, 0.15) is 6.04 Å². The van der Waals surface area contributed by atoms with Gasteiger partial charge < -0.3 is 15.5 Å². The van der Waals surface area contributed by atoms with Gasteiger partial charge in [-0.1, -0.05) is 19.3 Å². The van der Waals surface area contributed by atoms with Crippen molar-refractivity contribution in [2.24, 2.45) is 0 Å². The van der Waals surface area contributed by atoms with Crippen molar-refractivity contribution in [3.05, 3.63) is 0 Å². The summed E-state index contributed by atoms with van der Waals surface area (Å²) in [6.07, 6.45) is 8.60. The maximum atomic E-state index is 12.3. The third-order valence-electron chi connectivity index (χ3n) is 4.25. The van der Waals surface area contributed by atoms with Gasteiger partial charge in [0.05, 0.1) is 0 Å². The molecule has 2 fully saturated rings. The Morgan fingerprint density at radius 1 is 1.00 bits per heavy atom. The van der Waals surface area contributed by atoms with Crippen molar-refractivity contribution in [1.29, 1.82) is 0 Å². The van der Waals surface area contributed by atoms with Crippen LogP contribution in [0.4, 0.5) is 4.79 Å². The van der Waals surface area contributed by atoms with Gasteiger partial charge in [-0.3, -0.25) is 4.79 Å². The monoisotopic (exact) mass is 267 g/mol. The zero-order valence-corrected chi connectivity index (χ0v) is 11.8. The Labute approximate surface area is 115 Å². The van der Waals surface area contributed by atoms with Crippen LogP contribution in [0.2, 0.25) is 0 Å². The normalized spacial score (nSPS) is 24.9. The first-order valence-corrected chi connectivity index (χ1v) is 7.51. The van der Waals surface area contributed by atoms with Crippen LogP contribution in [0.3, 0.4) is 0 Å². The number of likely N-dealkylation sites (N-methyl/N-ethyl adjacent to an activating group) is 1. The molecule has 0 bridgehead atoms. The Hall–Kier alpha value is -1.26. The highest BCUT2D eigenvalue weighted by Gasteiger charge is 2.32. The third kappa shape index (κ3) is 3.61. The van der Waals surface area contributed by atoms with Gasteiger partial charge >= 0.3 is 6.03 Å². The predicted octanol–water partition coefficient (Wildman–Crippen LogP) is 1.63. The number of nitrogens with one attached hydrogen (secondary N) is 2. The van der Waals surface area contributed by atoms with Crippen molar-refractivity contribution in [2.45, 2.75) is 63.5 Å². The fourth-order valence-electron chi connectivity index (χ4n) is 3.12. The summed E-state index contributed by atoms with van der Waals surface area (Å²) in [5, 5.41) is 5.77. The molecule has 1 saturated heterocycles. The summed E-state index contributed by atoms with van der Waals surface area (Å²) >= 11 is 0. The lowest BCUT2D eigenvalue weighted by Crippen LogP contribution is -2.56. The smallest absolute Gasteiger partial charge is 0.318 e. The van der Waals surface area contributed by atoms with Crippen molar-refractivity contribution in [1.82, 2.24) is 15.5 Å². The van der Waals surface area contributed by atoms with Crippen molar-refractivity contribution in [3.8, 4) is 0 Å². The van der Waals surface area contributed by atoms with Gasteiger partial charge in [0.15, 0.2) is 0 Å². The van der Waals surface area contributed by atoms with E-state index in [1.807, 2.05) is 0 Å². The first-order chi connectivity index (χ1) is 9.22. The average Bonchev–Trinajstić information content (AvgIpc) is 2.47. The van der Waals surface area contributed by atoms with Crippen LogP contribution in [0, 0.1) is 0 Å². The Morgan fingerprint density at radius 3 is 2.37 bits per heavy atom. The van der Waals surface area contributed by atoms with Crippen molar-refractivity contribution in [2.75, 3.05) is 13.6 Å². The van der Waals surface area contributed by atoms with E-state index in [-0.39, 0.29) is 18.0 Å². The first-order valence-electron chi connectivity index (χ1n) is 7.51. The molecular weight excluding hydrogens is 242 g/mol. The maximum Gasteiger partial charge on any atom is 0.318 e. The number of carbonyl (C=O) groups excluding carboxylic acids is 2. The van der Waals surface area contributed by atoms with Crippen LogP contribution in [0.1, 0.15) is 51.4 Å². The predicted molar refractivity (Wildman–Crippen MR) is 73.8 cm³/mol. The van der Waals surface area contributed by atoms with Crippen LogP contribution in [-0.4, -0.2) is 42.5 Å². The Kier molecular flexibility index (Phi) is 5.05. The van der Waals surface area contributed by atoms with Crippen LogP contribution in [0.25, 0.3) is 0 Å². The van der Waals surface area contributed by atoms with Gasteiger partial charge in [-0.15, -0.1) is 0 Å². The summed E-state index contributed by atoms with van der Waals surface area (Å²) in [6.45, 7) is 0.691. The third-order valence-corrected chi connectivity index (χ3v) is 4.25. The number of urea groups is 1. The molecule has 5 nitrogen and oxygen atoms in total.